The summed E-state index contributed by atoms with van der Waals surface area (Å²) in [4.78, 5) is 25.4. The number of likely N-dealkylation sites (tertiary alicyclic amines) is 1. The van der Waals surface area contributed by atoms with Gasteiger partial charge in [0.05, 0.1) is 11.6 Å². The minimum Gasteiger partial charge on any atom is -0.357 e. The van der Waals surface area contributed by atoms with E-state index in [1.807, 2.05) is 18.3 Å². The predicted octanol–water partition coefficient (Wildman–Crippen LogP) is 2.80. The van der Waals surface area contributed by atoms with Crippen LogP contribution in [0.4, 0.5) is 5.82 Å². The molecule has 144 valence electrons. The fourth-order valence-corrected chi connectivity index (χ4v) is 4.40. The topological polar surface area (TPSA) is 73.1 Å². The van der Waals surface area contributed by atoms with E-state index in [-0.39, 0.29) is 11.3 Å². The Morgan fingerprint density at radius 3 is 2.79 bits per heavy atom. The zero-order valence-electron chi connectivity index (χ0n) is 16.0. The van der Waals surface area contributed by atoms with Gasteiger partial charge in [-0.15, -0.1) is 0 Å². The number of carbonyl (C=O) groups excluding carboxylic acids is 1. The van der Waals surface area contributed by atoms with Crippen LogP contribution in [-0.2, 0) is 11.2 Å². The molecule has 28 heavy (non-hydrogen) atoms. The largest absolute Gasteiger partial charge is 0.357 e. The SMILES string of the molecule is N#Cc1ccnc(N2CCC3(CCC(=O)N(CCc4cccnc4)C3)CC2)c1. The fraction of sp³-hybridized carbons (Fsp3) is 0.455. The monoisotopic (exact) mass is 375 g/mol. The van der Waals surface area contributed by atoms with Crippen LogP contribution in [0.25, 0.3) is 0 Å². The van der Waals surface area contributed by atoms with Crippen LogP contribution in [0.1, 0.15) is 36.8 Å². The molecular weight excluding hydrogens is 350 g/mol. The van der Waals surface area contributed by atoms with E-state index in [4.69, 9.17) is 5.26 Å². The Balaban J connectivity index is 1.37. The molecular formula is C22H25N5O. The molecule has 0 bridgehead atoms. The molecule has 0 aromatic carbocycles. The average molecular weight is 375 g/mol. The highest BCUT2D eigenvalue weighted by atomic mass is 16.2. The molecule has 2 fully saturated rings. The molecule has 0 aliphatic carbocycles. The van der Waals surface area contributed by atoms with Gasteiger partial charge < -0.3 is 9.80 Å². The Morgan fingerprint density at radius 2 is 2.04 bits per heavy atom. The van der Waals surface area contributed by atoms with E-state index in [9.17, 15) is 4.79 Å². The Hall–Kier alpha value is -2.94. The van der Waals surface area contributed by atoms with Crippen LogP contribution in [0.5, 0.6) is 0 Å². The molecule has 0 atom stereocenters. The van der Waals surface area contributed by atoms with Crippen LogP contribution >= 0.6 is 0 Å². The zero-order valence-corrected chi connectivity index (χ0v) is 16.0. The van der Waals surface area contributed by atoms with Crippen molar-refractivity contribution in [2.45, 2.75) is 32.1 Å². The van der Waals surface area contributed by atoms with E-state index in [1.54, 1.807) is 18.5 Å². The molecule has 6 nitrogen and oxygen atoms in total. The van der Waals surface area contributed by atoms with Gasteiger partial charge in [0.2, 0.25) is 5.91 Å². The number of amides is 1. The maximum Gasteiger partial charge on any atom is 0.222 e. The van der Waals surface area contributed by atoms with Gasteiger partial charge in [-0.1, -0.05) is 6.07 Å². The molecule has 2 aliphatic rings. The summed E-state index contributed by atoms with van der Waals surface area (Å²) >= 11 is 0. The lowest BCUT2D eigenvalue weighted by molar-refractivity contribution is -0.138. The van der Waals surface area contributed by atoms with Crippen molar-refractivity contribution in [3.05, 3.63) is 54.0 Å². The van der Waals surface area contributed by atoms with Crippen molar-refractivity contribution in [3.63, 3.8) is 0 Å². The number of rotatable bonds is 4. The van der Waals surface area contributed by atoms with Crippen molar-refractivity contribution >= 4 is 11.7 Å². The van der Waals surface area contributed by atoms with Crippen LogP contribution in [0.3, 0.4) is 0 Å². The summed E-state index contributed by atoms with van der Waals surface area (Å²) in [7, 11) is 0. The van der Waals surface area contributed by atoms with E-state index in [0.717, 1.165) is 57.7 Å². The van der Waals surface area contributed by atoms with Crippen LogP contribution in [0.15, 0.2) is 42.9 Å². The molecule has 0 unspecified atom stereocenters. The summed E-state index contributed by atoms with van der Waals surface area (Å²) in [6, 6.07) is 9.80. The van der Waals surface area contributed by atoms with E-state index in [1.165, 1.54) is 5.56 Å². The standard InChI is InChI=1S/C22H25N5O/c23-15-19-4-10-25-20(14-19)26-12-7-22(8-13-26)6-3-21(28)27(17-22)11-5-18-2-1-9-24-16-18/h1-2,4,9-10,14,16H,3,5-8,11-13,17H2. The number of nitriles is 1. The first kappa shape index (κ1) is 18.4. The van der Waals surface area contributed by atoms with E-state index >= 15 is 0 Å². The van der Waals surface area contributed by atoms with Gasteiger partial charge in [0, 0.05) is 51.2 Å². The third-order valence-corrected chi connectivity index (χ3v) is 6.16. The summed E-state index contributed by atoms with van der Waals surface area (Å²) in [5, 5.41) is 9.11. The minimum absolute atomic E-state index is 0.214. The molecule has 6 heteroatoms. The predicted molar refractivity (Wildman–Crippen MR) is 107 cm³/mol. The molecule has 2 aromatic heterocycles. The number of aromatic nitrogens is 2. The molecule has 4 heterocycles. The summed E-state index contributed by atoms with van der Waals surface area (Å²) in [5.74, 6) is 1.16. The lowest BCUT2D eigenvalue weighted by Gasteiger charge is -2.47. The van der Waals surface area contributed by atoms with Crippen LogP contribution in [0.2, 0.25) is 0 Å². The highest BCUT2D eigenvalue weighted by molar-refractivity contribution is 5.77. The third-order valence-electron chi connectivity index (χ3n) is 6.16. The Kier molecular flexibility index (Phi) is 5.25. The molecule has 0 saturated carbocycles. The van der Waals surface area contributed by atoms with Crippen LogP contribution in [0, 0.1) is 16.7 Å². The normalized spacial score (nSPS) is 18.9. The number of hydrogen-bond acceptors (Lipinski definition) is 5. The van der Waals surface area contributed by atoms with Gasteiger partial charge in [-0.25, -0.2) is 4.98 Å². The Bertz CT molecular complexity index is 868. The van der Waals surface area contributed by atoms with Crippen molar-refractivity contribution in [1.29, 1.82) is 5.26 Å². The lowest BCUT2D eigenvalue weighted by Crippen LogP contribution is -2.52. The number of carbonyl (C=O) groups is 1. The molecule has 1 amide bonds. The van der Waals surface area contributed by atoms with Crippen LogP contribution in [-0.4, -0.2) is 47.0 Å². The first-order chi connectivity index (χ1) is 13.7. The van der Waals surface area contributed by atoms with Crippen molar-refractivity contribution in [2.75, 3.05) is 31.1 Å². The number of hydrogen-bond donors (Lipinski definition) is 0. The Labute approximate surface area is 165 Å². The van der Waals surface area contributed by atoms with Gasteiger partial charge in [0.1, 0.15) is 5.82 Å². The fourth-order valence-electron chi connectivity index (χ4n) is 4.40. The highest BCUT2D eigenvalue weighted by Gasteiger charge is 2.41. The molecule has 0 N–H and O–H groups in total. The Morgan fingerprint density at radius 1 is 1.18 bits per heavy atom. The number of piperidine rings is 2. The van der Waals surface area contributed by atoms with Gasteiger partial charge in [-0.3, -0.25) is 9.78 Å². The third kappa shape index (κ3) is 3.99. The molecule has 1 spiro atoms. The molecule has 0 radical (unpaired) electrons. The van der Waals surface area contributed by atoms with E-state index in [0.29, 0.717) is 12.0 Å². The summed E-state index contributed by atoms with van der Waals surface area (Å²) in [6.07, 6.45) is 9.96. The second-order valence-electron chi connectivity index (χ2n) is 7.93. The van der Waals surface area contributed by atoms with Crippen molar-refractivity contribution in [2.24, 2.45) is 5.41 Å². The highest BCUT2D eigenvalue weighted by Crippen LogP contribution is 2.41. The smallest absolute Gasteiger partial charge is 0.222 e. The summed E-state index contributed by atoms with van der Waals surface area (Å²) < 4.78 is 0. The number of nitrogens with zero attached hydrogens (tertiary/aromatic N) is 5. The minimum atomic E-state index is 0.214. The van der Waals surface area contributed by atoms with Gasteiger partial charge in [-0.05, 0) is 54.9 Å². The zero-order chi connectivity index (χ0) is 19.4. The number of anilines is 1. The van der Waals surface area contributed by atoms with Gasteiger partial charge in [0.15, 0.2) is 0 Å². The van der Waals surface area contributed by atoms with E-state index in [2.05, 4.69) is 31.9 Å². The quantitative estimate of drug-likeness (QED) is 0.822. The van der Waals surface area contributed by atoms with Crippen LogP contribution < -0.4 is 4.90 Å². The van der Waals surface area contributed by atoms with E-state index < -0.39 is 0 Å². The van der Waals surface area contributed by atoms with Gasteiger partial charge >= 0.3 is 0 Å². The molecule has 2 aliphatic heterocycles. The molecule has 4 rings (SSSR count). The molecule has 2 aromatic rings. The second-order valence-corrected chi connectivity index (χ2v) is 7.93. The lowest BCUT2D eigenvalue weighted by atomic mass is 9.72. The van der Waals surface area contributed by atoms with Gasteiger partial charge in [0.25, 0.3) is 0 Å². The first-order valence-electron chi connectivity index (χ1n) is 9.95. The van der Waals surface area contributed by atoms with Crippen molar-refractivity contribution in [1.82, 2.24) is 14.9 Å². The summed E-state index contributed by atoms with van der Waals surface area (Å²) in [5.41, 5.74) is 2.04. The second kappa shape index (κ2) is 7.97. The average Bonchev–Trinajstić information content (AvgIpc) is 2.76. The van der Waals surface area contributed by atoms with Crippen molar-refractivity contribution < 1.29 is 4.79 Å². The first-order valence-corrected chi connectivity index (χ1v) is 9.95. The maximum absolute atomic E-state index is 12.5. The van der Waals surface area contributed by atoms with Crippen molar-refractivity contribution in [3.8, 4) is 6.07 Å². The summed E-state index contributed by atoms with van der Waals surface area (Å²) in [6.45, 7) is 3.46. The maximum atomic E-state index is 12.5. The molecule has 2 saturated heterocycles. The number of pyridine rings is 2. The van der Waals surface area contributed by atoms with Gasteiger partial charge in [-0.2, -0.15) is 5.26 Å².